The van der Waals surface area contributed by atoms with Crippen LogP contribution in [0.4, 0.5) is 11.4 Å². The standard InChI is InChI=1S/C21H21ClN2O/c1-21(2)11-17-19(18(25)12-21)20(13-7-3-4-8-14(13)22)24-16-10-6-5-9-15(16)23-17/h3-10,19-20,24H,11-12H2,1-2H3/t19?,20-/m1/s1. The number of nitrogens with zero attached hydrogens (tertiary/aromatic N) is 1. The van der Waals surface area contributed by atoms with Gasteiger partial charge in [-0.25, -0.2) is 0 Å². The normalized spacial score (nSPS) is 24.4. The summed E-state index contributed by atoms with van der Waals surface area (Å²) in [5.41, 5.74) is 3.69. The maximum Gasteiger partial charge on any atom is 0.144 e. The largest absolute Gasteiger partial charge is 0.375 e. The molecule has 0 bridgehead atoms. The summed E-state index contributed by atoms with van der Waals surface area (Å²) in [6, 6.07) is 15.5. The molecule has 0 amide bonds. The molecule has 2 atom stereocenters. The number of rotatable bonds is 1. The number of nitrogens with one attached hydrogen (secondary N) is 1. The second kappa shape index (κ2) is 5.99. The fourth-order valence-electron chi connectivity index (χ4n) is 4.00. The van der Waals surface area contributed by atoms with E-state index in [1.165, 1.54) is 0 Å². The number of fused-ring (bicyclic) bond motifs is 2. The lowest BCUT2D eigenvalue weighted by Crippen LogP contribution is -2.42. The smallest absolute Gasteiger partial charge is 0.144 e. The summed E-state index contributed by atoms with van der Waals surface area (Å²) in [7, 11) is 0. The van der Waals surface area contributed by atoms with Crippen LogP contribution < -0.4 is 5.32 Å². The van der Waals surface area contributed by atoms with Crippen molar-refractivity contribution in [2.75, 3.05) is 5.32 Å². The second-order valence-corrected chi connectivity index (χ2v) is 8.13. The zero-order valence-electron chi connectivity index (χ0n) is 14.4. The van der Waals surface area contributed by atoms with Crippen LogP contribution in [0.3, 0.4) is 0 Å². The minimum atomic E-state index is -0.277. The molecule has 0 aromatic heterocycles. The average Bonchev–Trinajstić information content (AvgIpc) is 2.70. The first-order chi connectivity index (χ1) is 11.9. The van der Waals surface area contributed by atoms with Gasteiger partial charge in [-0.3, -0.25) is 9.79 Å². The van der Waals surface area contributed by atoms with E-state index in [1.807, 2.05) is 48.5 Å². The molecule has 2 aromatic rings. The van der Waals surface area contributed by atoms with E-state index < -0.39 is 0 Å². The third-order valence-corrected chi connectivity index (χ3v) is 5.42. The molecule has 1 unspecified atom stereocenters. The Hall–Kier alpha value is -2.13. The van der Waals surface area contributed by atoms with E-state index >= 15 is 0 Å². The van der Waals surface area contributed by atoms with Gasteiger partial charge in [0.1, 0.15) is 5.78 Å². The fraction of sp³-hybridized carbons (Fsp3) is 0.333. The van der Waals surface area contributed by atoms with E-state index in [9.17, 15) is 4.79 Å². The topological polar surface area (TPSA) is 41.5 Å². The van der Waals surface area contributed by atoms with Crippen LogP contribution in [-0.2, 0) is 4.79 Å². The Morgan fingerprint density at radius 2 is 1.80 bits per heavy atom. The first kappa shape index (κ1) is 16.3. The highest BCUT2D eigenvalue weighted by Gasteiger charge is 2.44. The van der Waals surface area contributed by atoms with Crippen LogP contribution in [0.1, 0.15) is 38.3 Å². The molecule has 4 rings (SSSR count). The Balaban J connectivity index is 1.89. The minimum absolute atomic E-state index is 0.0588. The number of hydrogen-bond acceptors (Lipinski definition) is 3. The zero-order chi connectivity index (χ0) is 17.6. The van der Waals surface area contributed by atoms with Crippen molar-refractivity contribution >= 4 is 34.5 Å². The molecule has 3 nitrogen and oxygen atoms in total. The van der Waals surface area contributed by atoms with Gasteiger partial charge in [0.2, 0.25) is 0 Å². The van der Waals surface area contributed by atoms with E-state index in [2.05, 4.69) is 19.2 Å². The number of halogens is 1. The van der Waals surface area contributed by atoms with Gasteiger partial charge in [-0.15, -0.1) is 0 Å². The third kappa shape index (κ3) is 2.98. The van der Waals surface area contributed by atoms with Crippen molar-refractivity contribution in [3.8, 4) is 0 Å². The quantitative estimate of drug-likeness (QED) is 0.727. The summed E-state index contributed by atoms with van der Waals surface area (Å²) in [4.78, 5) is 18.0. The molecule has 4 heteroatoms. The zero-order valence-corrected chi connectivity index (χ0v) is 15.2. The number of carbonyl (C=O) groups excluding carboxylic acids is 1. The summed E-state index contributed by atoms with van der Waals surface area (Å²) < 4.78 is 0. The van der Waals surface area contributed by atoms with Gasteiger partial charge in [-0.1, -0.05) is 55.8 Å². The van der Waals surface area contributed by atoms with Gasteiger partial charge in [-0.05, 0) is 35.6 Å². The van der Waals surface area contributed by atoms with Crippen molar-refractivity contribution in [1.82, 2.24) is 0 Å². The van der Waals surface area contributed by atoms with Crippen LogP contribution in [0.25, 0.3) is 0 Å². The predicted octanol–water partition coefficient (Wildman–Crippen LogP) is 5.58. The number of carbonyl (C=O) groups is 1. The van der Waals surface area contributed by atoms with Gasteiger partial charge in [0, 0.05) is 17.2 Å². The van der Waals surface area contributed by atoms with Gasteiger partial charge < -0.3 is 5.32 Å². The van der Waals surface area contributed by atoms with Crippen molar-refractivity contribution in [3.05, 3.63) is 59.1 Å². The Morgan fingerprint density at radius 1 is 1.08 bits per heavy atom. The number of aliphatic imine (C=N–C) groups is 1. The highest BCUT2D eigenvalue weighted by molar-refractivity contribution is 6.31. The maximum absolute atomic E-state index is 13.1. The Labute approximate surface area is 153 Å². The molecule has 25 heavy (non-hydrogen) atoms. The number of benzene rings is 2. The third-order valence-electron chi connectivity index (χ3n) is 5.07. The number of ketones is 1. The number of Topliss-reactive ketones (excluding diaryl/α,β-unsaturated/α-hetero) is 1. The van der Waals surface area contributed by atoms with E-state index in [-0.39, 0.29) is 23.2 Å². The molecule has 1 fully saturated rings. The SMILES string of the molecule is CC1(C)CC(=O)C2C(=Nc3ccccc3N[C@@H]2c2ccccc2Cl)C1. The molecular weight excluding hydrogens is 332 g/mol. The molecule has 2 aliphatic rings. The van der Waals surface area contributed by atoms with Crippen molar-refractivity contribution in [3.63, 3.8) is 0 Å². The Kier molecular flexibility index (Phi) is 3.92. The average molecular weight is 353 g/mol. The highest BCUT2D eigenvalue weighted by atomic mass is 35.5. The molecule has 0 saturated heterocycles. The first-order valence-electron chi connectivity index (χ1n) is 8.65. The van der Waals surface area contributed by atoms with Crippen LogP contribution in [-0.4, -0.2) is 11.5 Å². The molecule has 1 saturated carbocycles. The molecular formula is C21H21ClN2O. The monoisotopic (exact) mass is 352 g/mol. The minimum Gasteiger partial charge on any atom is -0.375 e. The van der Waals surface area contributed by atoms with Gasteiger partial charge >= 0.3 is 0 Å². The summed E-state index contributed by atoms with van der Waals surface area (Å²) in [5.74, 6) is -0.0412. The molecule has 2 aromatic carbocycles. The van der Waals surface area contributed by atoms with Crippen LogP contribution in [0, 0.1) is 11.3 Å². The van der Waals surface area contributed by atoms with Crippen molar-refractivity contribution in [2.45, 2.75) is 32.7 Å². The van der Waals surface area contributed by atoms with Gasteiger partial charge in [0.25, 0.3) is 0 Å². The van der Waals surface area contributed by atoms with Gasteiger partial charge in [-0.2, -0.15) is 0 Å². The number of para-hydroxylation sites is 2. The van der Waals surface area contributed by atoms with Crippen molar-refractivity contribution < 1.29 is 4.79 Å². The van der Waals surface area contributed by atoms with Gasteiger partial charge in [0.05, 0.1) is 23.3 Å². The lowest BCUT2D eigenvalue weighted by molar-refractivity contribution is -0.124. The summed E-state index contributed by atoms with van der Waals surface area (Å²) in [6.07, 6.45) is 1.38. The number of hydrogen-bond donors (Lipinski definition) is 1. The van der Waals surface area contributed by atoms with Crippen molar-refractivity contribution in [2.24, 2.45) is 16.3 Å². The van der Waals surface area contributed by atoms with Crippen LogP contribution in [0.2, 0.25) is 5.02 Å². The molecule has 0 radical (unpaired) electrons. The second-order valence-electron chi connectivity index (χ2n) is 7.73. The maximum atomic E-state index is 13.1. The number of anilines is 1. The van der Waals surface area contributed by atoms with Crippen LogP contribution in [0.15, 0.2) is 53.5 Å². The summed E-state index contributed by atoms with van der Waals surface area (Å²) in [5, 5.41) is 4.23. The molecule has 0 spiro atoms. The summed E-state index contributed by atoms with van der Waals surface area (Å²) in [6.45, 7) is 4.27. The van der Waals surface area contributed by atoms with E-state index in [0.717, 1.165) is 29.1 Å². The van der Waals surface area contributed by atoms with E-state index in [0.29, 0.717) is 11.4 Å². The van der Waals surface area contributed by atoms with Crippen molar-refractivity contribution in [1.29, 1.82) is 0 Å². The molecule has 1 N–H and O–H groups in total. The van der Waals surface area contributed by atoms with Crippen LogP contribution in [0.5, 0.6) is 0 Å². The lowest BCUT2D eigenvalue weighted by atomic mass is 9.68. The Bertz CT molecular complexity index is 872. The van der Waals surface area contributed by atoms with E-state index in [1.54, 1.807) is 0 Å². The molecule has 128 valence electrons. The Morgan fingerprint density at radius 3 is 2.60 bits per heavy atom. The first-order valence-corrected chi connectivity index (χ1v) is 9.03. The molecule has 1 heterocycles. The highest BCUT2D eigenvalue weighted by Crippen LogP contribution is 2.45. The van der Waals surface area contributed by atoms with Gasteiger partial charge in [0.15, 0.2) is 0 Å². The lowest BCUT2D eigenvalue weighted by Gasteiger charge is -2.37. The van der Waals surface area contributed by atoms with E-state index in [4.69, 9.17) is 16.6 Å². The van der Waals surface area contributed by atoms with Crippen LogP contribution >= 0.6 is 11.6 Å². The molecule has 1 aliphatic heterocycles. The fourth-order valence-corrected chi connectivity index (χ4v) is 4.25. The molecule has 1 aliphatic carbocycles. The summed E-state index contributed by atoms with van der Waals surface area (Å²) >= 11 is 6.48. The predicted molar refractivity (Wildman–Crippen MR) is 103 cm³/mol.